The van der Waals surface area contributed by atoms with Crippen LogP contribution in [0.5, 0.6) is 0 Å². The molecule has 1 aliphatic rings. The minimum absolute atomic E-state index is 0.00611. The molecular formula is C18H17Cl2FN2O2. The summed E-state index contributed by atoms with van der Waals surface area (Å²) < 4.78 is 13.5. The molecule has 4 nitrogen and oxygen atoms in total. The van der Waals surface area contributed by atoms with E-state index in [-0.39, 0.29) is 16.5 Å². The highest BCUT2D eigenvalue weighted by atomic mass is 35.5. The molecule has 0 aliphatic carbocycles. The molecule has 0 saturated carbocycles. The monoisotopic (exact) mass is 382 g/mol. The van der Waals surface area contributed by atoms with Gasteiger partial charge >= 0.3 is 0 Å². The maximum Gasteiger partial charge on any atom is 0.271 e. The number of rotatable bonds is 4. The van der Waals surface area contributed by atoms with E-state index in [0.29, 0.717) is 10.9 Å². The number of benzene rings is 2. The molecule has 7 heteroatoms. The molecule has 1 aliphatic heterocycles. The second kappa shape index (κ2) is 7.58. The van der Waals surface area contributed by atoms with Crippen LogP contribution in [0.1, 0.15) is 18.4 Å². The van der Waals surface area contributed by atoms with Gasteiger partial charge in [-0.3, -0.25) is 10.1 Å². The van der Waals surface area contributed by atoms with Gasteiger partial charge < -0.3 is 4.90 Å². The Hall–Kier alpha value is -1.85. The number of non-ortho nitro benzene ring substituents is 1. The summed E-state index contributed by atoms with van der Waals surface area (Å²) >= 11 is 11.9. The topological polar surface area (TPSA) is 46.4 Å². The van der Waals surface area contributed by atoms with Gasteiger partial charge in [-0.1, -0.05) is 29.3 Å². The largest absolute Gasteiger partial charge is 0.370 e. The van der Waals surface area contributed by atoms with E-state index >= 15 is 0 Å². The molecule has 2 aromatic rings. The molecule has 132 valence electrons. The number of hydrogen-bond donors (Lipinski definition) is 0. The van der Waals surface area contributed by atoms with Crippen molar-refractivity contribution in [1.82, 2.24) is 0 Å². The molecule has 1 saturated heterocycles. The molecule has 0 radical (unpaired) electrons. The van der Waals surface area contributed by atoms with Crippen molar-refractivity contribution in [3.63, 3.8) is 0 Å². The summed E-state index contributed by atoms with van der Waals surface area (Å²) in [7, 11) is 0. The molecule has 2 aromatic carbocycles. The summed E-state index contributed by atoms with van der Waals surface area (Å²) in [5, 5.41) is 11.3. The number of nitro benzene ring substituents is 1. The molecule has 1 fully saturated rings. The van der Waals surface area contributed by atoms with E-state index in [2.05, 4.69) is 4.90 Å². The molecule has 0 aromatic heterocycles. The first-order valence-electron chi connectivity index (χ1n) is 8.07. The Labute approximate surface area is 155 Å². The molecule has 0 N–H and O–H groups in total. The first kappa shape index (κ1) is 18.0. The van der Waals surface area contributed by atoms with Crippen molar-refractivity contribution in [3.05, 3.63) is 67.9 Å². The van der Waals surface area contributed by atoms with Crippen LogP contribution in [-0.4, -0.2) is 18.0 Å². The van der Waals surface area contributed by atoms with Crippen LogP contribution in [-0.2, 0) is 6.42 Å². The number of nitro groups is 1. The summed E-state index contributed by atoms with van der Waals surface area (Å²) in [5.41, 5.74) is 1.77. The SMILES string of the molecule is O=[N+]([O-])c1ccc(N2CCC(Cc3ccc(Cl)c(F)c3)CC2)c(Cl)c1. The van der Waals surface area contributed by atoms with Gasteiger partial charge in [-0.2, -0.15) is 0 Å². The zero-order valence-corrected chi connectivity index (χ0v) is 14.9. The molecule has 0 spiro atoms. The van der Waals surface area contributed by atoms with Gasteiger partial charge in [0.1, 0.15) is 5.82 Å². The predicted octanol–water partition coefficient (Wildman–Crippen LogP) is 5.50. The summed E-state index contributed by atoms with van der Waals surface area (Å²) in [5.74, 6) is 0.0860. The Kier molecular flexibility index (Phi) is 5.45. The van der Waals surface area contributed by atoms with E-state index in [4.69, 9.17) is 23.2 Å². The fourth-order valence-electron chi connectivity index (χ4n) is 3.24. The molecule has 0 unspecified atom stereocenters. The predicted molar refractivity (Wildman–Crippen MR) is 98.2 cm³/mol. The van der Waals surface area contributed by atoms with Crippen LogP contribution in [0.3, 0.4) is 0 Å². The first-order chi connectivity index (χ1) is 11.9. The Bertz CT molecular complexity index is 793. The Morgan fingerprint density at radius 1 is 1.12 bits per heavy atom. The summed E-state index contributed by atoms with van der Waals surface area (Å²) in [6, 6.07) is 9.53. The highest BCUT2D eigenvalue weighted by Crippen LogP contribution is 2.33. The Morgan fingerprint density at radius 3 is 2.44 bits per heavy atom. The maximum absolute atomic E-state index is 13.5. The van der Waals surface area contributed by atoms with Crippen molar-refractivity contribution in [2.24, 2.45) is 5.92 Å². The van der Waals surface area contributed by atoms with Crippen molar-refractivity contribution >= 4 is 34.6 Å². The lowest BCUT2D eigenvalue weighted by molar-refractivity contribution is -0.384. The lowest BCUT2D eigenvalue weighted by Gasteiger charge is -2.34. The van der Waals surface area contributed by atoms with Crippen molar-refractivity contribution < 1.29 is 9.31 Å². The highest BCUT2D eigenvalue weighted by molar-refractivity contribution is 6.33. The zero-order chi connectivity index (χ0) is 18.0. The van der Waals surface area contributed by atoms with Crippen LogP contribution in [0.2, 0.25) is 10.0 Å². The van der Waals surface area contributed by atoms with Gasteiger partial charge in [-0.15, -0.1) is 0 Å². The fourth-order valence-corrected chi connectivity index (χ4v) is 3.66. The van der Waals surface area contributed by atoms with E-state index in [0.717, 1.165) is 43.6 Å². The summed E-state index contributed by atoms with van der Waals surface area (Å²) in [4.78, 5) is 12.5. The maximum atomic E-state index is 13.5. The van der Waals surface area contributed by atoms with Gasteiger partial charge in [0.15, 0.2) is 0 Å². The molecular weight excluding hydrogens is 366 g/mol. The van der Waals surface area contributed by atoms with Crippen LogP contribution in [0.25, 0.3) is 0 Å². The van der Waals surface area contributed by atoms with Crippen LogP contribution in [0.4, 0.5) is 15.8 Å². The Morgan fingerprint density at radius 2 is 1.84 bits per heavy atom. The van der Waals surface area contributed by atoms with Crippen molar-refractivity contribution in [2.75, 3.05) is 18.0 Å². The van der Waals surface area contributed by atoms with E-state index in [9.17, 15) is 14.5 Å². The first-order valence-corrected chi connectivity index (χ1v) is 8.82. The minimum Gasteiger partial charge on any atom is -0.370 e. The summed E-state index contributed by atoms with van der Waals surface area (Å²) in [6.07, 6.45) is 2.73. The third kappa shape index (κ3) is 4.22. The third-order valence-electron chi connectivity index (χ3n) is 4.61. The normalized spacial score (nSPS) is 15.4. The molecule has 0 amide bonds. The number of halogens is 3. The van der Waals surface area contributed by atoms with Gasteiger partial charge in [0.05, 0.1) is 20.7 Å². The fraction of sp³-hybridized carbons (Fsp3) is 0.333. The number of hydrogen-bond acceptors (Lipinski definition) is 3. The third-order valence-corrected chi connectivity index (χ3v) is 5.21. The van der Waals surface area contributed by atoms with Crippen LogP contribution < -0.4 is 4.90 Å². The molecule has 0 atom stereocenters. The van der Waals surface area contributed by atoms with Crippen molar-refractivity contribution in [3.8, 4) is 0 Å². The number of piperidine rings is 1. The average molecular weight is 383 g/mol. The van der Waals surface area contributed by atoms with Gasteiger partial charge in [-0.25, -0.2) is 4.39 Å². The van der Waals surface area contributed by atoms with Gasteiger partial charge in [0.2, 0.25) is 0 Å². The number of nitrogens with zero attached hydrogens (tertiary/aromatic N) is 2. The van der Waals surface area contributed by atoms with E-state index in [1.165, 1.54) is 18.2 Å². The van der Waals surface area contributed by atoms with Gasteiger partial charge in [0, 0.05) is 25.2 Å². The average Bonchev–Trinajstić information content (AvgIpc) is 2.59. The zero-order valence-electron chi connectivity index (χ0n) is 13.4. The highest BCUT2D eigenvalue weighted by Gasteiger charge is 2.22. The van der Waals surface area contributed by atoms with Crippen molar-refractivity contribution in [1.29, 1.82) is 0 Å². The summed E-state index contributed by atoms with van der Waals surface area (Å²) in [6.45, 7) is 1.64. The van der Waals surface area contributed by atoms with Crippen molar-refractivity contribution in [2.45, 2.75) is 19.3 Å². The van der Waals surface area contributed by atoms with E-state index in [1.54, 1.807) is 12.1 Å². The van der Waals surface area contributed by atoms with Crippen LogP contribution in [0.15, 0.2) is 36.4 Å². The lowest BCUT2D eigenvalue weighted by Crippen LogP contribution is -2.34. The smallest absolute Gasteiger partial charge is 0.271 e. The second-order valence-corrected chi connectivity index (χ2v) is 7.09. The van der Waals surface area contributed by atoms with Gasteiger partial charge in [0.25, 0.3) is 5.69 Å². The van der Waals surface area contributed by atoms with Crippen LogP contribution in [0, 0.1) is 21.8 Å². The molecule has 3 rings (SSSR count). The Balaban J connectivity index is 1.62. The molecule has 0 bridgehead atoms. The molecule has 25 heavy (non-hydrogen) atoms. The number of anilines is 1. The lowest BCUT2D eigenvalue weighted by atomic mass is 9.90. The van der Waals surface area contributed by atoms with Crippen LogP contribution >= 0.6 is 23.2 Å². The second-order valence-electron chi connectivity index (χ2n) is 6.28. The molecule has 1 heterocycles. The standard InChI is InChI=1S/C18H17Cl2FN2O2/c19-15-3-1-13(10-17(15)21)9-12-5-7-22(8-6-12)18-4-2-14(23(24)25)11-16(18)20/h1-4,10-12H,5-9H2. The quantitative estimate of drug-likeness (QED) is 0.517. The minimum atomic E-state index is -0.451. The van der Waals surface area contributed by atoms with E-state index in [1.807, 2.05) is 6.07 Å². The van der Waals surface area contributed by atoms with E-state index < -0.39 is 4.92 Å². The van der Waals surface area contributed by atoms with Gasteiger partial charge in [-0.05, 0) is 48.9 Å².